The lowest BCUT2D eigenvalue weighted by atomic mass is 10.1. The fraction of sp³-hybridized carbons (Fsp3) is 0.231. The Morgan fingerprint density at radius 1 is 1.25 bits per heavy atom. The molecule has 1 unspecified atom stereocenters. The van der Waals surface area contributed by atoms with E-state index < -0.39 is 0 Å². The highest BCUT2D eigenvalue weighted by molar-refractivity contribution is 8.01. The molecule has 1 heterocycles. The minimum absolute atomic E-state index is 0.167. The number of benzene rings is 1. The van der Waals surface area contributed by atoms with Crippen molar-refractivity contribution < 1.29 is 0 Å². The summed E-state index contributed by atoms with van der Waals surface area (Å²) in [6, 6.07) is 12.9. The summed E-state index contributed by atoms with van der Waals surface area (Å²) in [5, 5.41) is 2.10. The Kier molecular flexibility index (Phi) is 4.04. The zero-order valence-electron chi connectivity index (χ0n) is 9.22. The minimum atomic E-state index is 0.167. The van der Waals surface area contributed by atoms with Crippen molar-refractivity contribution in [2.24, 2.45) is 5.73 Å². The molecule has 1 aromatic heterocycles. The van der Waals surface area contributed by atoms with E-state index in [1.807, 2.05) is 0 Å². The molecule has 0 aliphatic carbocycles. The Hall–Kier alpha value is -0.770. The van der Waals surface area contributed by atoms with Crippen LogP contribution in [0.15, 0.2) is 50.9 Å². The Labute approximate surface area is 105 Å². The Balaban J connectivity index is 2.07. The maximum atomic E-state index is 5.98. The summed E-state index contributed by atoms with van der Waals surface area (Å²) in [4.78, 5) is 1.27. The second-order valence-corrected chi connectivity index (χ2v) is 5.94. The second kappa shape index (κ2) is 5.53. The summed E-state index contributed by atoms with van der Waals surface area (Å²) in [6.45, 7) is 2.11. The van der Waals surface area contributed by atoms with Crippen LogP contribution < -0.4 is 5.73 Å². The molecule has 1 aromatic carbocycles. The average Bonchev–Trinajstić information content (AvgIpc) is 2.82. The van der Waals surface area contributed by atoms with Gasteiger partial charge >= 0.3 is 0 Å². The average molecular weight is 249 g/mol. The monoisotopic (exact) mass is 249 g/mol. The lowest BCUT2D eigenvalue weighted by Crippen LogP contribution is -2.07. The van der Waals surface area contributed by atoms with Gasteiger partial charge < -0.3 is 5.73 Å². The van der Waals surface area contributed by atoms with E-state index in [-0.39, 0.29) is 6.04 Å². The molecule has 3 heteroatoms. The summed E-state index contributed by atoms with van der Waals surface area (Å²) >= 11 is 3.57. The summed E-state index contributed by atoms with van der Waals surface area (Å²) in [5.74, 6) is 0. The molecule has 2 N–H and O–H groups in total. The highest BCUT2D eigenvalue weighted by atomic mass is 32.2. The Morgan fingerprint density at radius 2 is 2.00 bits per heavy atom. The molecule has 0 radical (unpaired) electrons. The van der Waals surface area contributed by atoms with E-state index in [1.54, 1.807) is 23.1 Å². The van der Waals surface area contributed by atoms with Gasteiger partial charge in [-0.1, -0.05) is 36.9 Å². The van der Waals surface area contributed by atoms with E-state index in [9.17, 15) is 0 Å². The van der Waals surface area contributed by atoms with E-state index in [0.717, 1.165) is 6.42 Å². The third-order valence-corrected chi connectivity index (χ3v) is 4.51. The molecule has 0 amide bonds. The van der Waals surface area contributed by atoms with Crippen LogP contribution in [0.1, 0.15) is 24.9 Å². The lowest BCUT2D eigenvalue weighted by molar-refractivity contribution is 0.698. The SMILES string of the molecule is CCC(N)c1ccc(Sc2cccs2)cc1. The van der Waals surface area contributed by atoms with Crippen molar-refractivity contribution in [3.05, 3.63) is 47.3 Å². The first kappa shape index (κ1) is 11.7. The molecule has 2 aromatic rings. The standard InChI is InChI=1S/C13H15NS2/c1-2-12(14)10-5-7-11(8-6-10)16-13-4-3-9-15-13/h3-9,12H,2,14H2,1H3. The molecule has 0 saturated carbocycles. The van der Waals surface area contributed by atoms with Gasteiger partial charge in [-0.15, -0.1) is 11.3 Å². The van der Waals surface area contributed by atoms with Crippen LogP contribution in [0.5, 0.6) is 0 Å². The summed E-state index contributed by atoms with van der Waals surface area (Å²) < 4.78 is 1.33. The Morgan fingerprint density at radius 3 is 2.56 bits per heavy atom. The third-order valence-electron chi connectivity index (χ3n) is 2.46. The molecule has 2 rings (SSSR count). The number of hydrogen-bond acceptors (Lipinski definition) is 3. The normalized spacial score (nSPS) is 12.6. The van der Waals surface area contributed by atoms with Crippen LogP contribution in [-0.2, 0) is 0 Å². The van der Waals surface area contributed by atoms with Crippen LogP contribution in [0.3, 0.4) is 0 Å². The van der Waals surface area contributed by atoms with Gasteiger partial charge in [-0.3, -0.25) is 0 Å². The summed E-state index contributed by atoms with van der Waals surface area (Å²) in [7, 11) is 0. The van der Waals surface area contributed by atoms with Crippen molar-refractivity contribution in [2.75, 3.05) is 0 Å². The highest BCUT2D eigenvalue weighted by Gasteiger charge is 2.03. The fourth-order valence-electron chi connectivity index (χ4n) is 1.46. The van der Waals surface area contributed by atoms with E-state index >= 15 is 0 Å². The first-order valence-electron chi connectivity index (χ1n) is 5.36. The molecule has 0 aliphatic heterocycles. The van der Waals surface area contributed by atoms with Gasteiger partial charge in [0.2, 0.25) is 0 Å². The largest absolute Gasteiger partial charge is 0.324 e. The molecule has 84 valence electrons. The van der Waals surface area contributed by atoms with Gasteiger partial charge in [0.15, 0.2) is 0 Å². The molecular formula is C13H15NS2. The van der Waals surface area contributed by atoms with Crippen molar-refractivity contribution in [2.45, 2.75) is 28.5 Å². The van der Waals surface area contributed by atoms with Crippen LogP contribution >= 0.6 is 23.1 Å². The van der Waals surface area contributed by atoms with Crippen LogP contribution in [0, 0.1) is 0 Å². The number of nitrogens with two attached hydrogens (primary N) is 1. The molecule has 0 bridgehead atoms. The molecular weight excluding hydrogens is 234 g/mol. The van der Waals surface area contributed by atoms with E-state index in [1.165, 1.54) is 14.7 Å². The fourth-order valence-corrected chi connectivity index (χ4v) is 3.20. The first-order valence-corrected chi connectivity index (χ1v) is 7.06. The van der Waals surface area contributed by atoms with Gasteiger partial charge in [-0.2, -0.15) is 0 Å². The predicted molar refractivity (Wildman–Crippen MR) is 72.1 cm³/mol. The van der Waals surface area contributed by atoms with Crippen molar-refractivity contribution in [1.29, 1.82) is 0 Å². The molecule has 1 atom stereocenters. The maximum absolute atomic E-state index is 5.98. The van der Waals surface area contributed by atoms with Crippen LogP contribution in [0.2, 0.25) is 0 Å². The third kappa shape index (κ3) is 2.88. The number of thiophene rings is 1. The predicted octanol–water partition coefficient (Wildman–Crippen LogP) is 4.31. The Bertz CT molecular complexity index is 420. The van der Waals surface area contributed by atoms with E-state index in [4.69, 9.17) is 5.73 Å². The molecule has 0 fully saturated rings. The van der Waals surface area contributed by atoms with Crippen molar-refractivity contribution in [3.8, 4) is 0 Å². The molecule has 0 saturated heterocycles. The van der Waals surface area contributed by atoms with Gasteiger partial charge in [0.1, 0.15) is 0 Å². The molecule has 0 spiro atoms. The zero-order chi connectivity index (χ0) is 11.4. The summed E-state index contributed by atoms with van der Waals surface area (Å²) in [6.07, 6.45) is 0.984. The zero-order valence-corrected chi connectivity index (χ0v) is 10.9. The second-order valence-electron chi connectivity index (χ2n) is 3.62. The van der Waals surface area contributed by atoms with E-state index in [2.05, 4.69) is 48.7 Å². The first-order chi connectivity index (χ1) is 7.79. The highest BCUT2D eigenvalue weighted by Crippen LogP contribution is 2.31. The maximum Gasteiger partial charge on any atom is 0.0646 e. The topological polar surface area (TPSA) is 26.0 Å². The van der Waals surface area contributed by atoms with Gasteiger partial charge in [0.25, 0.3) is 0 Å². The van der Waals surface area contributed by atoms with Gasteiger partial charge in [0, 0.05) is 10.9 Å². The molecule has 0 aliphatic rings. The molecule has 16 heavy (non-hydrogen) atoms. The minimum Gasteiger partial charge on any atom is -0.324 e. The van der Waals surface area contributed by atoms with Crippen molar-refractivity contribution in [3.63, 3.8) is 0 Å². The summed E-state index contributed by atoms with van der Waals surface area (Å²) in [5.41, 5.74) is 7.20. The lowest BCUT2D eigenvalue weighted by Gasteiger charge is -2.09. The van der Waals surface area contributed by atoms with Crippen LogP contribution in [0.25, 0.3) is 0 Å². The van der Waals surface area contributed by atoms with E-state index in [0.29, 0.717) is 0 Å². The molecule has 1 nitrogen and oxygen atoms in total. The van der Waals surface area contributed by atoms with Gasteiger partial charge in [0.05, 0.1) is 4.21 Å². The number of rotatable bonds is 4. The smallest absolute Gasteiger partial charge is 0.0646 e. The van der Waals surface area contributed by atoms with Crippen molar-refractivity contribution >= 4 is 23.1 Å². The quantitative estimate of drug-likeness (QED) is 0.873. The van der Waals surface area contributed by atoms with Gasteiger partial charge in [-0.25, -0.2) is 0 Å². The number of hydrogen-bond donors (Lipinski definition) is 1. The van der Waals surface area contributed by atoms with Crippen LogP contribution in [-0.4, -0.2) is 0 Å². The van der Waals surface area contributed by atoms with Gasteiger partial charge in [-0.05, 0) is 35.6 Å². The van der Waals surface area contributed by atoms with Crippen LogP contribution in [0.4, 0.5) is 0 Å². The van der Waals surface area contributed by atoms with Crippen molar-refractivity contribution in [1.82, 2.24) is 0 Å².